The number of urea groups is 1. The molecule has 31 nitrogen and oxygen atoms in total. The molecule has 0 bridgehead atoms. The van der Waals surface area contributed by atoms with Gasteiger partial charge in [-0.15, -0.1) is 0 Å². The summed E-state index contributed by atoms with van der Waals surface area (Å²) in [6.45, 7) is 7.15. The van der Waals surface area contributed by atoms with E-state index in [4.69, 9.17) is 26.4 Å². The first-order valence-corrected chi connectivity index (χ1v) is 39.6. The number of para-hydroxylation sites is 1. The molecule has 1 fully saturated rings. The molecule has 1 aliphatic heterocycles. The van der Waals surface area contributed by atoms with Crippen molar-refractivity contribution < 1.29 is 67.6 Å². The lowest BCUT2D eigenvalue weighted by molar-refractivity contribution is -0.142. The topological polar surface area (TPSA) is 474 Å². The molecule has 1 saturated heterocycles. The third-order valence-corrected chi connectivity index (χ3v) is 21.2. The average Bonchev–Trinajstić information content (AvgIpc) is 1.14. The van der Waals surface area contributed by atoms with Crippen LogP contribution < -0.4 is 64.9 Å². The Hall–Kier alpha value is -13.4. The molecule has 2 aliphatic rings. The number of amides is 11. The predicted octanol–water partition coefficient (Wildman–Crippen LogP) is 5.82. The number of H-pyrrole nitrogens is 2. The number of hydrazine groups is 1. The van der Waals surface area contributed by atoms with Gasteiger partial charge in [0.2, 0.25) is 41.4 Å². The number of aromatic nitrogens is 3. The van der Waals surface area contributed by atoms with Gasteiger partial charge in [0.25, 0.3) is 5.91 Å². The summed E-state index contributed by atoms with van der Waals surface area (Å²) >= 11 is 0. The number of aromatic amines is 2. The monoisotopic (exact) mass is 1620 g/mol. The van der Waals surface area contributed by atoms with E-state index in [1.165, 1.54) is 35.5 Å². The molecule has 0 saturated carbocycles. The number of nitrogens with zero attached hydrogens (tertiary/aromatic N) is 2. The second-order valence-electron chi connectivity index (χ2n) is 31.0. The number of carbonyl (C=O) groups is 10. The maximum absolute atomic E-state index is 16.7. The van der Waals surface area contributed by atoms with Crippen molar-refractivity contribution in [2.75, 3.05) is 32.9 Å². The summed E-state index contributed by atoms with van der Waals surface area (Å²) in [6, 6.07) is 43.7. The van der Waals surface area contributed by atoms with Gasteiger partial charge in [0.15, 0.2) is 5.96 Å². The Kier molecular flexibility index (Phi) is 29.0. The van der Waals surface area contributed by atoms with Crippen LogP contribution in [0.3, 0.4) is 0 Å². The molecule has 0 radical (unpaired) electrons. The number of rotatable bonds is 36. The van der Waals surface area contributed by atoms with Gasteiger partial charge in [-0.1, -0.05) is 184 Å². The minimum atomic E-state index is -1.89. The van der Waals surface area contributed by atoms with Crippen LogP contribution in [0.15, 0.2) is 207 Å². The summed E-state index contributed by atoms with van der Waals surface area (Å²) in [5.41, 5.74) is 20.5. The first-order valence-electron chi connectivity index (χ1n) is 39.6. The Morgan fingerprint density at radius 1 is 0.605 bits per heavy atom. The van der Waals surface area contributed by atoms with Crippen LogP contribution in [-0.4, -0.2) is 182 Å². The van der Waals surface area contributed by atoms with Crippen LogP contribution >= 0.6 is 0 Å². The van der Waals surface area contributed by atoms with E-state index in [1.807, 2.05) is 163 Å². The molecular formula is C88H103N17O14. The van der Waals surface area contributed by atoms with E-state index in [0.717, 1.165) is 22.3 Å². The van der Waals surface area contributed by atoms with Gasteiger partial charge in [-0.3, -0.25) is 49.2 Å². The van der Waals surface area contributed by atoms with E-state index in [2.05, 4.69) is 62.9 Å². The lowest BCUT2D eigenvalue weighted by atomic mass is 9.58. The third kappa shape index (κ3) is 21.8. The highest BCUT2D eigenvalue weighted by molar-refractivity contribution is 5.99. The molecule has 2 aromatic heterocycles. The standard InChI is InChI=1S/C88H103N17O14/c1-52(2)43-67(76(108)96-66(35-21-41-93-84(89)90)83(115)105-42-22-36-73(105)81(113)103-104-85(91)116)97-80(112)72(50-119-87(3,4)5)101-77(109)68(44-53-37-39-58(107)40-38-53)98-79(111)71(48-106)100-78(110)69(45-54-46-94-65-34-20-19-29-59(54)65)99-82(114)75(102-86(117)118-49-64-62-32-17-15-30-60(62)61-31-16-18-33-63(61)64)74(70-47-92-51-95-70)88(55-23-9-6-10-24-55,56-25-11-7-12-26-56)57-27-13-8-14-28-57/h6-20,23-34,37-40,46-47,51-52,64,66-69,71-75,94,106-107H,21-22,35-36,41-45,48-50H2,1-5H3,(H,92,95)(H,96,108)(H,97,112)(H,98,111)(H,99,114)(H,100,110)(H,101,109)(H,102,117)(H,103,113)(H4,89,90,93)(H3,91,104,116)/t66-,67-,68-,69-,71-,72+,73-,74?,75-/m0/s1. The number of imidazole rings is 1. The number of primary amides is 1. The van der Waals surface area contributed by atoms with E-state index in [1.54, 1.807) is 53.1 Å². The number of alkyl carbamates (subject to hydrolysis) is 1. The zero-order valence-corrected chi connectivity index (χ0v) is 66.8. The summed E-state index contributed by atoms with van der Waals surface area (Å²) in [4.78, 5) is 160. The molecule has 0 spiro atoms. The predicted molar refractivity (Wildman–Crippen MR) is 445 cm³/mol. The normalized spacial score (nSPS) is 15.2. The van der Waals surface area contributed by atoms with Crippen molar-refractivity contribution in [1.82, 2.24) is 73.2 Å². The number of aliphatic hydroxyl groups excluding tert-OH is 1. The number of ether oxygens (including phenoxy) is 2. The van der Waals surface area contributed by atoms with Gasteiger partial charge in [-0.25, -0.2) is 20.0 Å². The Morgan fingerprint density at radius 3 is 1.71 bits per heavy atom. The van der Waals surface area contributed by atoms with Crippen molar-refractivity contribution in [2.24, 2.45) is 17.4 Å². The lowest BCUT2D eigenvalue weighted by Gasteiger charge is -2.45. The van der Waals surface area contributed by atoms with Gasteiger partial charge < -0.3 is 88.6 Å². The fraction of sp³-hybridized carbons (Fsp3) is 0.341. The molecule has 9 atom stereocenters. The van der Waals surface area contributed by atoms with Crippen LogP contribution in [0, 0.1) is 11.3 Å². The Labute approximate surface area is 688 Å². The quantitative estimate of drug-likeness (QED) is 0.00722. The van der Waals surface area contributed by atoms with Crippen LogP contribution in [0.2, 0.25) is 0 Å². The molecule has 1 unspecified atom stereocenters. The lowest BCUT2D eigenvalue weighted by Crippen LogP contribution is -2.62. The first-order chi connectivity index (χ1) is 57.2. The number of nitrogens with two attached hydrogens (primary N) is 2. The number of benzene rings is 7. The average molecular weight is 1620 g/mol. The van der Waals surface area contributed by atoms with Gasteiger partial charge >= 0.3 is 12.1 Å². The first kappa shape index (κ1) is 86.4. The fourth-order valence-electron chi connectivity index (χ4n) is 15.6. The summed E-state index contributed by atoms with van der Waals surface area (Å²) in [5.74, 6) is -9.53. The van der Waals surface area contributed by atoms with Gasteiger partial charge in [-0.2, -0.15) is 0 Å². The smallest absolute Gasteiger partial charge is 0.407 e. The third-order valence-electron chi connectivity index (χ3n) is 21.2. The second kappa shape index (κ2) is 40.0. The summed E-state index contributed by atoms with van der Waals surface area (Å²) in [5, 5.41) is 52.4. The fourth-order valence-corrected chi connectivity index (χ4v) is 15.6. The molecule has 3 heterocycles. The largest absolute Gasteiger partial charge is 0.508 e. The maximum atomic E-state index is 16.7. The van der Waals surface area contributed by atoms with Crippen LogP contribution in [0.4, 0.5) is 9.59 Å². The van der Waals surface area contributed by atoms with Crippen molar-refractivity contribution in [3.05, 3.63) is 251 Å². The molecule has 19 N–H and O–H groups in total. The Bertz CT molecular complexity index is 4880. The number of phenolic OH excluding ortho intramolecular Hbond substituents is 1. The molecule has 624 valence electrons. The van der Waals surface area contributed by atoms with Crippen molar-refractivity contribution in [1.29, 1.82) is 5.41 Å². The van der Waals surface area contributed by atoms with Crippen LogP contribution in [-0.2, 0) is 66.1 Å². The van der Waals surface area contributed by atoms with Gasteiger partial charge in [-0.05, 0) is 127 Å². The molecule has 11 rings (SSSR count). The minimum absolute atomic E-state index is 0.0131. The number of aliphatic hydroxyl groups is 1. The van der Waals surface area contributed by atoms with Crippen molar-refractivity contribution in [3.8, 4) is 16.9 Å². The zero-order valence-electron chi connectivity index (χ0n) is 66.8. The number of aromatic hydroxyl groups is 1. The molecule has 9 aromatic rings. The Balaban J connectivity index is 0.907. The summed E-state index contributed by atoms with van der Waals surface area (Å²) in [7, 11) is 0. The number of hydrogen-bond donors (Lipinski definition) is 17. The minimum Gasteiger partial charge on any atom is -0.508 e. The zero-order chi connectivity index (χ0) is 84.9. The summed E-state index contributed by atoms with van der Waals surface area (Å²) < 4.78 is 12.5. The van der Waals surface area contributed by atoms with E-state index >= 15 is 28.8 Å². The van der Waals surface area contributed by atoms with Gasteiger partial charge in [0.05, 0.1) is 30.6 Å². The second-order valence-corrected chi connectivity index (χ2v) is 31.0. The molecule has 31 heteroatoms. The number of guanidine groups is 1. The number of hydrogen-bond acceptors (Lipinski definition) is 16. The summed E-state index contributed by atoms with van der Waals surface area (Å²) in [6.07, 6.45) is 3.86. The van der Waals surface area contributed by atoms with Crippen molar-refractivity contribution in [2.45, 2.75) is 151 Å². The molecule has 7 aromatic carbocycles. The van der Waals surface area contributed by atoms with Gasteiger partial charge in [0, 0.05) is 66.8 Å². The van der Waals surface area contributed by atoms with E-state index in [9.17, 15) is 29.4 Å². The van der Waals surface area contributed by atoms with E-state index in [0.29, 0.717) is 50.8 Å². The van der Waals surface area contributed by atoms with E-state index in [-0.39, 0.29) is 75.8 Å². The Morgan fingerprint density at radius 2 is 1.13 bits per heavy atom. The number of nitrogens with one attached hydrogen (secondary N) is 13. The maximum Gasteiger partial charge on any atom is 0.407 e. The highest BCUT2D eigenvalue weighted by atomic mass is 16.5. The molecule has 11 amide bonds. The number of likely N-dealkylation sites (tertiary alicyclic amines) is 1. The number of fused-ring (bicyclic) bond motifs is 4. The van der Waals surface area contributed by atoms with E-state index < -0.39 is 144 Å². The van der Waals surface area contributed by atoms with Gasteiger partial charge in [0.1, 0.15) is 60.7 Å². The number of phenols is 1. The highest BCUT2D eigenvalue weighted by Gasteiger charge is 2.52. The van der Waals surface area contributed by atoms with Crippen LogP contribution in [0.1, 0.15) is 123 Å². The molecular weight excluding hydrogens is 1520 g/mol. The molecule has 119 heavy (non-hydrogen) atoms. The highest BCUT2D eigenvalue weighted by Crippen LogP contribution is 2.51. The van der Waals surface area contributed by atoms with Crippen molar-refractivity contribution >= 4 is 76.2 Å². The SMILES string of the molecule is CC(C)C[C@H](NC(=O)[C@@H](COC(C)(C)C)NC(=O)[C@H](Cc1ccc(O)cc1)NC(=O)[C@H](CO)NC(=O)[C@H](Cc1c[nH]c2ccccc12)NC(=O)[C@@H](NC(=O)OCC1c2ccccc2-c2ccccc21)C(c1cnc[nH]1)C(c1ccccc1)(c1ccccc1)c1ccccc1)C(=O)N[C@@H](CCCNC(=N)N)C(=O)N1CCC[C@H]1C(=O)NNC(N)=O. The van der Waals surface area contributed by atoms with Crippen LogP contribution in [0.25, 0.3) is 22.0 Å². The van der Waals surface area contributed by atoms with Crippen LogP contribution in [0.5, 0.6) is 5.75 Å². The van der Waals surface area contributed by atoms with Crippen molar-refractivity contribution in [3.63, 3.8) is 0 Å². The molecule has 1 aliphatic carbocycles. The number of carbonyl (C=O) groups excluding carboxylic acids is 10.